The molecule has 1 aliphatic rings. The van der Waals surface area contributed by atoms with Crippen molar-refractivity contribution >= 4 is 21.7 Å². The summed E-state index contributed by atoms with van der Waals surface area (Å²) in [6, 6.07) is 4.80. The van der Waals surface area contributed by atoms with Gasteiger partial charge in [-0.25, -0.2) is 4.39 Å². The lowest BCUT2D eigenvalue weighted by atomic mass is 9.94. The number of likely N-dealkylation sites (N-methyl/N-ethyl adjacent to an activating group) is 1. The summed E-state index contributed by atoms with van der Waals surface area (Å²) in [7, 11) is 1.82. The van der Waals surface area contributed by atoms with Gasteiger partial charge in [0.15, 0.2) is 0 Å². The number of hydrogen-bond acceptors (Lipinski definition) is 3. The average molecular weight is 316 g/mol. The molecule has 18 heavy (non-hydrogen) atoms. The number of ether oxygens (including phenoxy) is 1. The minimum atomic E-state index is -0.340. The van der Waals surface area contributed by atoms with Crippen LogP contribution in [0.5, 0.6) is 0 Å². The van der Waals surface area contributed by atoms with Crippen molar-refractivity contribution in [2.75, 3.05) is 20.3 Å². The summed E-state index contributed by atoms with van der Waals surface area (Å²) in [5.41, 5.74) is 0.682. The molecule has 1 saturated heterocycles. The molecule has 1 heterocycles. The van der Waals surface area contributed by atoms with Gasteiger partial charge in [-0.15, -0.1) is 0 Å². The molecule has 98 valence electrons. The molecular formula is C13H15BrFNO2. The summed E-state index contributed by atoms with van der Waals surface area (Å²) in [6.07, 6.45) is 0.227. The maximum atomic E-state index is 13.4. The molecule has 0 bridgehead atoms. The molecule has 5 heteroatoms. The summed E-state index contributed by atoms with van der Waals surface area (Å²) >= 11 is 3.18. The predicted molar refractivity (Wildman–Crippen MR) is 70.0 cm³/mol. The van der Waals surface area contributed by atoms with Crippen LogP contribution in [0.2, 0.25) is 0 Å². The minimum absolute atomic E-state index is 0.0600. The summed E-state index contributed by atoms with van der Waals surface area (Å²) < 4.78 is 19.0. The van der Waals surface area contributed by atoms with Crippen LogP contribution in [0.25, 0.3) is 0 Å². The zero-order valence-corrected chi connectivity index (χ0v) is 11.7. The summed E-state index contributed by atoms with van der Waals surface area (Å²) in [5.74, 6) is -0.406. The lowest BCUT2D eigenvalue weighted by Gasteiger charge is -2.15. The maximum absolute atomic E-state index is 13.4. The topological polar surface area (TPSA) is 38.3 Å². The molecule has 0 spiro atoms. The van der Waals surface area contributed by atoms with Crippen molar-refractivity contribution in [3.05, 3.63) is 34.1 Å². The SMILES string of the molecule is CNC1COCC1C(=O)Cc1cccc(F)c1Br. The Kier molecular flexibility index (Phi) is 4.48. The van der Waals surface area contributed by atoms with Crippen molar-refractivity contribution < 1.29 is 13.9 Å². The zero-order chi connectivity index (χ0) is 13.1. The van der Waals surface area contributed by atoms with E-state index < -0.39 is 0 Å². The smallest absolute Gasteiger partial charge is 0.144 e. The van der Waals surface area contributed by atoms with Crippen LogP contribution in [0.4, 0.5) is 4.39 Å². The predicted octanol–water partition coefficient (Wildman–Crippen LogP) is 1.93. The van der Waals surface area contributed by atoms with Crippen molar-refractivity contribution in [2.45, 2.75) is 12.5 Å². The molecule has 1 aromatic rings. The van der Waals surface area contributed by atoms with Crippen LogP contribution < -0.4 is 5.32 Å². The molecule has 1 aliphatic heterocycles. The van der Waals surface area contributed by atoms with E-state index in [-0.39, 0.29) is 30.0 Å². The van der Waals surface area contributed by atoms with Crippen LogP contribution in [-0.2, 0) is 16.0 Å². The van der Waals surface area contributed by atoms with Crippen LogP contribution in [0.1, 0.15) is 5.56 Å². The molecule has 3 nitrogen and oxygen atoms in total. The van der Waals surface area contributed by atoms with E-state index in [0.29, 0.717) is 23.2 Å². The number of hydrogen-bond donors (Lipinski definition) is 1. The van der Waals surface area contributed by atoms with Gasteiger partial charge in [-0.1, -0.05) is 12.1 Å². The first-order valence-corrected chi connectivity index (χ1v) is 6.63. The first-order chi connectivity index (χ1) is 8.63. The van der Waals surface area contributed by atoms with Gasteiger partial charge in [0.2, 0.25) is 0 Å². The van der Waals surface area contributed by atoms with Gasteiger partial charge in [0.1, 0.15) is 11.6 Å². The van der Waals surface area contributed by atoms with Crippen LogP contribution >= 0.6 is 15.9 Å². The quantitative estimate of drug-likeness (QED) is 0.922. The maximum Gasteiger partial charge on any atom is 0.144 e. The lowest BCUT2D eigenvalue weighted by Crippen LogP contribution is -2.37. The Morgan fingerprint density at radius 1 is 1.56 bits per heavy atom. The van der Waals surface area contributed by atoms with Gasteiger partial charge in [-0.2, -0.15) is 0 Å². The number of rotatable bonds is 4. The van der Waals surface area contributed by atoms with E-state index in [2.05, 4.69) is 21.2 Å². The second-order valence-corrected chi connectivity index (χ2v) is 5.19. The second kappa shape index (κ2) is 5.91. The fraction of sp³-hybridized carbons (Fsp3) is 0.462. The van der Waals surface area contributed by atoms with E-state index in [1.807, 2.05) is 7.05 Å². The molecule has 0 aliphatic carbocycles. The number of halogens is 2. The fourth-order valence-corrected chi connectivity index (χ4v) is 2.56. The second-order valence-electron chi connectivity index (χ2n) is 4.40. The third-order valence-corrected chi connectivity index (χ3v) is 4.15. The first kappa shape index (κ1) is 13.6. The number of benzene rings is 1. The minimum Gasteiger partial charge on any atom is -0.379 e. The molecule has 2 unspecified atom stereocenters. The summed E-state index contributed by atoms with van der Waals surface area (Å²) in [5, 5.41) is 3.08. The van der Waals surface area contributed by atoms with Crippen molar-refractivity contribution in [3.8, 4) is 0 Å². The Morgan fingerprint density at radius 3 is 3.06 bits per heavy atom. The van der Waals surface area contributed by atoms with Crippen LogP contribution in [0.15, 0.2) is 22.7 Å². The number of Topliss-reactive ketones (excluding diaryl/α,β-unsaturated/α-hetero) is 1. The van der Waals surface area contributed by atoms with Gasteiger partial charge in [-0.05, 0) is 34.6 Å². The molecular weight excluding hydrogens is 301 g/mol. The highest BCUT2D eigenvalue weighted by Gasteiger charge is 2.32. The Labute approximate surface area is 114 Å². The lowest BCUT2D eigenvalue weighted by molar-refractivity contribution is -0.122. The Hall–Kier alpha value is -0.780. The van der Waals surface area contributed by atoms with Crippen LogP contribution in [0, 0.1) is 11.7 Å². The Bertz CT molecular complexity index is 453. The molecule has 0 radical (unpaired) electrons. The first-order valence-electron chi connectivity index (χ1n) is 5.84. The zero-order valence-electron chi connectivity index (χ0n) is 10.1. The van der Waals surface area contributed by atoms with Gasteiger partial charge in [0.05, 0.1) is 23.6 Å². The molecule has 2 atom stereocenters. The van der Waals surface area contributed by atoms with Crippen molar-refractivity contribution in [1.29, 1.82) is 0 Å². The fourth-order valence-electron chi connectivity index (χ4n) is 2.16. The van der Waals surface area contributed by atoms with Crippen molar-refractivity contribution in [2.24, 2.45) is 5.92 Å². The standard InChI is InChI=1S/C13H15BrFNO2/c1-16-11-7-18-6-9(11)12(17)5-8-3-2-4-10(15)13(8)14/h2-4,9,11,16H,5-7H2,1H3. The molecule has 1 fully saturated rings. The van der Waals surface area contributed by atoms with Crippen LogP contribution in [-0.4, -0.2) is 32.1 Å². The summed E-state index contributed by atoms with van der Waals surface area (Å²) in [6.45, 7) is 0.995. The van der Waals surface area contributed by atoms with Gasteiger partial charge < -0.3 is 10.1 Å². The number of nitrogens with one attached hydrogen (secondary N) is 1. The summed E-state index contributed by atoms with van der Waals surface area (Å²) in [4.78, 5) is 12.2. The normalized spacial score (nSPS) is 23.3. The Balaban J connectivity index is 2.09. The number of ketones is 1. The van der Waals surface area contributed by atoms with Gasteiger partial charge in [0, 0.05) is 12.5 Å². The largest absolute Gasteiger partial charge is 0.379 e. The van der Waals surface area contributed by atoms with E-state index in [1.165, 1.54) is 6.07 Å². The number of carbonyl (C=O) groups is 1. The van der Waals surface area contributed by atoms with E-state index in [4.69, 9.17) is 4.74 Å². The Morgan fingerprint density at radius 2 is 2.33 bits per heavy atom. The highest BCUT2D eigenvalue weighted by atomic mass is 79.9. The third kappa shape index (κ3) is 2.79. The highest BCUT2D eigenvalue weighted by Crippen LogP contribution is 2.23. The van der Waals surface area contributed by atoms with E-state index in [1.54, 1.807) is 12.1 Å². The third-order valence-electron chi connectivity index (χ3n) is 3.26. The van der Waals surface area contributed by atoms with Crippen molar-refractivity contribution in [3.63, 3.8) is 0 Å². The average Bonchev–Trinajstić information content (AvgIpc) is 2.83. The molecule has 0 amide bonds. The van der Waals surface area contributed by atoms with E-state index in [0.717, 1.165) is 0 Å². The van der Waals surface area contributed by atoms with Crippen molar-refractivity contribution in [1.82, 2.24) is 5.32 Å². The van der Waals surface area contributed by atoms with Gasteiger partial charge in [0.25, 0.3) is 0 Å². The monoisotopic (exact) mass is 315 g/mol. The highest BCUT2D eigenvalue weighted by molar-refractivity contribution is 9.10. The molecule has 1 N–H and O–H groups in total. The van der Waals surface area contributed by atoms with Crippen LogP contribution in [0.3, 0.4) is 0 Å². The van der Waals surface area contributed by atoms with Gasteiger partial charge >= 0.3 is 0 Å². The molecule has 1 aromatic carbocycles. The molecule has 0 saturated carbocycles. The molecule has 0 aromatic heterocycles. The van der Waals surface area contributed by atoms with Gasteiger partial charge in [-0.3, -0.25) is 4.79 Å². The van der Waals surface area contributed by atoms with E-state index in [9.17, 15) is 9.18 Å². The number of carbonyl (C=O) groups excluding carboxylic acids is 1. The molecule has 2 rings (SSSR count). The van der Waals surface area contributed by atoms with E-state index >= 15 is 0 Å².